The fourth-order valence-electron chi connectivity index (χ4n) is 1.87. The van der Waals surface area contributed by atoms with Crippen LogP contribution in [-0.4, -0.2) is 22.7 Å². The van der Waals surface area contributed by atoms with E-state index in [0.717, 1.165) is 5.75 Å². The van der Waals surface area contributed by atoms with Gasteiger partial charge in [0.1, 0.15) is 11.4 Å². The smallest absolute Gasteiger partial charge is 0.271 e. The maximum atomic E-state index is 11.4. The lowest BCUT2D eigenvalue weighted by Gasteiger charge is -2.19. The molecule has 112 valence electrons. The number of nitrogens with one attached hydrogen (secondary N) is 1. The number of aromatic nitrogens is 2. The summed E-state index contributed by atoms with van der Waals surface area (Å²) in [7, 11) is 1.58. The highest BCUT2D eigenvalue weighted by atomic mass is 16.5. The molecule has 0 atom stereocenters. The molecule has 1 amide bonds. The van der Waals surface area contributed by atoms with Crippen LogP contribution < -0.4 is 10.1 Å². The van der Waals surface area contributed by atoms with E-state index >= 15 is 0 Å². The number of rotatable bonds is 4. The Morgan fingerprint density at radius 2 is 1.90 bits per heavy atom. The van der Waals surface area contributed by atoms with E-state index in [1.54, 1.807) is 24.0 Å². The predicted molar refractivity (Wildman–Crippen MR) is 81.4 cm³/mol. The van der Waals surface area contributed by atoms with Gasteiger partial charge in [0, 0.05) is 13.2 Å². The van der Waals surface area contributed by atoms with Crippen LogP contribution in [0.2, 0.25) is 0 Å². The van der Waals surface area contributed by atoms with Crippen molar-refractivity contribution in [1.82, 2.24) is 15.1 Å². The summed E-state index contributed by atoms with van der Waals surface area (Å²) >= 11 is 0. The molecule has 0 saturated carbocycles. The van der Waals surface area contributed by atoms with Gasteiger partial charge in [-0.3, -0.25) is 4.79 Å². The second-order valence-electron chi connectivity index (χ2n) is 5.87. The number of ether oxygens (including phenoxy) is 1. The number of nitrogens with zero attached hydrogens (tertiary/aromatic N) is 2. The summed E-state index contributed by atoms with van der Waals surface area (Å²) in [5.41, 5.74) is 1.77. The van der Waals surface area contributed by atoms with Crippen LogP contribution in [0.5, 0.6) is 5.75 Å². The lowest BCUT2D eigenvalue weighted by atomic mass is 9.87. The molecule has 0 aliphatic carbocycles. The molecule has 2 aromatic rings. The van der Waals surface area contributed by atoms with Gasteiger partial charge in [-0.25, -0.2) is 4.68 Å². The molecule has 0 saturated heterocycles. The van der Waals surface area contributed by atoms with Crippen molar-refractivity contribution in [2.45, 2.75) is 32.9 Å². The highest BCUT2D eigenvalue weighted by Gasteiger charge is 2.13. The minimum Gasteiger partial charge on any atom is -0.471 e. The summed E-state index contributed by atoms with van der Waals surface area (Å²) in [6.45, 7) is 6.79. The SMILES string of the molecule is CNC(=O)c1ccn(COc2ccc(C(C)(C)C)cc2)n1. The summed E-state index contributed by atoms with van der Waals surface area (Å²) in [5, 5.41) is 6.67. The molecule has 5 heteroatoms. The van der Waals surface area contributed by atoms with Gasteiger partial charge in [0.25, 0.3) is 5.91 Å². The van der Waals surface area contributed by atoms with Crippen molar-refractivity contribution in [3.05, 3.63) is 47.8 Å². The van der Waals surface area contributed by atoms with Crippen LogP contribution in [0.3, 0.4) is 0 Å². The highest BCUT2D eigenvalue weighted by molar-refractivity contribution is 5.91. The number of carbonyl (C=O) groups excluding carboxylic acids is 1. The molecule has 1 N–H and O–H groups in total. The van der Waals surface area contributed by atoms with E-state index in [-0.39, 0.29) is 18.1 Å². The van der Waals surface area contributed by atoms with Crippen LogP contribution in [0.25, 0.3) is 0 Å². The number of hydrogen-bond acceptors (Lipinski definition) is 3. The van der Waals surface area contributed by atoms with Crippen LogP contribution in [-0.2, 0) is 12.1 Å². The Labute approximate surface area is 124 Å². The molecule has 1 aromatic carbocycles. The third-order valence-corrected chi connectivity index (χ3v) is 3.18. The van der Waals surface area contributed by atoms with Crippen molar-refractivity contribution in [3.8, 4) is 5.75 Å². The molecule has 1 aromatic heterocycles. The molecular formula is C16H21N3O2. The van der Waals surface area contributed by atoms with Crippen LogP contribution in [0.1, 0.15) is 36.8 Å². The third-order valence-electron chi connectivity index (χ3n) is 3.18. The standard InChI is InChI=1S/C16H21N3O2/c1-16(2,3)12-5-7-13(8-6-12)21-11-19-10-9-14(18-19)15(20)17-4/h5-10H,11H2,1-4H3,(H,17,20). The van der Waals surface area contributed by atoms with Gasteiger partial charge in [-0.2, -0.15) is 5.10 Å². The Morgan fingerprint density at radius 3 is 2.48 bits per heavy atom. The molecule has 0 fully saturated rings. The summed E-state index contributed by atoms with van der Waals surface area (Å²) in [6, 6.07) is 9.68. The van der Waals surface area contributed by atoms with Crippen molar-refractivity contribution >= 4 is 5.91 Å². The minimum atomic E-state index is -0.205. The molecule has 1 heterocycles. The first-order chi connectivity index (χ1) is 9.90. The maximum absolute atomic E-state index is 11.4. The summed E-state index contributed by atoms with van der Waals surface area (Å²) < 4.78 is 7.24. The molecule has 5 nitrogen and oxygen atoms in total. The summed E-state index contributed by atoms with van der Waals surface area (Å²) in [6.07, 6.45) is 1.72. The van der Waals surface area contributed by atoms with Crippen LogP contribution >= 0.6 is 0 Å². The lowest BCUT2D eigenvalue weighted by molar-refractivity contribution is 0.0956. The Bertz CT molecular complexity index is 609. The van der Waals surface area contributed by atoms with E-state index in [1.165, 1.54) is 5.56 Å². The predicted octanol–water partition coefficient (Wildman–Crippen LogP) is 2.58. The maximum Gasteiger partial charge on any atom is 0.271 e. The molecule has 0 unspecified atom stereocenters. The number of amides is 1. The number of carbonyl (C=O) groups is 1. The van der Waals surface area contributed by atoms with Gasteiger partial charge in [0.2, 0.25) is 0 Å². The molecule has 0 aliphatic rings. The van der Waals surface area contributed by atoms with E-state index in [4.69, 9.17) is 4.74 Å². The fraction of sp³-hybridized carbons (Fsp3) is 0.375. The average molecular weight is 287 g/mol. The molecule has 0 bridgehead atoms. The largest absolute Gasteiger partial charge is 0.471 e. The zero-order valence-corrected chi connectivity index (χ0v) is 12.9. The average Bonchev–Trinajstić information content (AvgIpc) is 2.92. The number of hydrogen-bond donors (Lipinski definition) is 1. The summed E-state index contributed by atoms with van der Waals surface area (Å²) in [5.74, 6) is 0.572. The van der Waals surface area contributed by atoms with Gasteiger partial charge in [-0.05, 0) is 29.2 Å². The van der Waals surface area contributed by atoms with Gasteiger partial charge in [-0.15, -0.1) is 0 Å². The Hall–Kier alpha value is -2.30. The minimum absolute atomic E-state index is 0.128. The van der Waals surface area contributed by atoms with Crippen LogP contribution in [0, 0.1) is 0 Å². The van der Waals surface area contributed by atoms with Crippen LogP contribution in [0.4, 0.5) is 0 Å². The number of benzene rings is 1. The molecular weight excluding hydrogens is 266 g/mol. The monoisotopic (exact) mass is 287 g/mol. The van der Waals surface area contributed by atoms with E-state index in [2.05, 4.69) is 43.3 Å². The topological polar surface area (TPSA) is 56.2 Å². The Balaban J connectivity index is 1.97. The van der Waals surface area contributed by atoms with Crippen molar-refractivity contribution in [3.63, 3.8) is 0 Å². The lowest BCUT2D eigenvalue weighted by Crippen LogP contribution is -2.19. The van der Waals surface area contributed by atoms with Crippen LogP contribution in [0.15, 0.2) is 36.5 Å². The van der Waals surface area contributed by atoms with Crippen molar-refractivity contribution in [2.24, 2.45) is 0 Å². The van der Waals surface area contributed by atoms with Crippen molar-refractivity contribution < 1.29 is 9.53 Å². The Morgan fingerprint density at radius 1 is 1.24 bits per heavy atom. The van der Waals surface area contributed by atoms with Gasteiger partial charge in [0.05, 0.1) is 0 Å². The third kappa shape index (κ3) is 3.84. The first-order valence-corrected chi connectivity index (χ1v) is 6.89. The zero-order chi connectivity index (χ0) is 15.5. The first-order valence-electron chi connectivity index (χ1n) is 6.89. The van der Waals surface area contributed by atoms with Gasteiger partial charge >= 0.3 is 0 Å². The van der Waals surface area contributed by atoms with Gasteiger partial charge in [0.15, 0.2) is 6.73 Å². The molecule has 0 spiro atoms. The second-order valence-corrected chi connectivity index (χ2v) is 5.87. The summed E-state index contributed by atoms with van der Waals surface area (Å²) in [4.78, 5) is 11.4. The molecule has 0 radical (unpaired) electrons. The first kappa shape index (κ1) is 15.1. The Kier molecular flexibility index (Phi) is 4.31. The quantitative estimate of drug-likeness (QED) is 0.940. The highest BCUT2D eigenvalue weighted by Crippen LogP contribution is 2.24. The molecule has 21 heavy (non-hydrogen) atoms. The zero-order valence-electron chi connectivity index (χ0n) is 12.9. The van der Waals surface area contributed by atoms with E-state index in [0.29, 0.717) is 5.69 Å². The molecule has 0 aliphatic heterocycles. The molecule has 2 rings (SSSR count). The van der Waals surface area contributed by atoms with E-state index < -0.39 is 0 Å². The fourth-order valence-corrected chi connectivity index (χ4v) is 1.87. The second kappa shape index (κ2) is 5.99. The van der Waals surface area contributed by atoms with Gasteiger partial charge < -0.3 is 10.1 Å². The van der Waals surface area contributed by atoms with E-state index in [1.807, 2.05) is 12.1 Å². The van der Waals surface area contributed by atoms with Crippen molar-refractivity contribution in [2.75, 3.05) is 7.05 Å². The van der Waals surface area contributed by atoms with E-state index in [9.17, 15) is 4.79 Å². The van der Waals surface area contributed by atoms with Crippen molar-refractivity contribution in [1.29, 1.82) is 0 Å². The normalized spacial score (nSPS) is 11.2. The van der Waals surface area contributed by atoms with Gasteiger partial charge in [-0.1, -0.05) is 32.9 Å².